The van der Waals surface area contributed by atoms with E-state index in [0.29, 0.717) is 41.2 Å². The highest BCUT2D eigenvalue weighted by atomic mass is 35.5. The second kappa shape index (κ2) is 11.2. The molecule has 0 aliphatic carbocycles. The van der Waals surface area contributed by atoms with Gasteiger partial charge in [-0.05, 0) is 42.5 Å². The molecule has 1 fully saturated rings. The number of rotatable bonds is 8. The Hall–Kier alpha value is -3.75. The molecule has 2 atom stereocenters. The number of imidazole rings is 1. The zero-order chi connectivity index (χ0) is 26.7. The smallest absolute Gasteiger partial charge is 0.215 e. The van der Waals surface area contributed by atoms with E-state index in [0.717, 1.165) is 22.6 Å². The molecule has 9 heteroatoms. The lowest BCUT2D eigenvalue weighted by Crippen LogP contribution is -2.34. The Balaban J connectivity index is 1.14. The number of hydrogen-bond donors (Lipinski definition) is 0. The average molecular weight is 559 g/mol. The molecule has 39 heavy (non-hydrogen) atoms. The van der Waals surface area contributed by atoms with Crippen LogP contribution in [0.25, 0.3) is 22.6 Å². The van der Waals surface area contributed by atoms with Crippen LogP contribution in [-0.4, -0.2) is 38.8 Å². The molecule has 1 aliphatic rings. The van der Waals surface area contributed by atoms with Crippen LogP contribution in [0.15, 0.2) is 104 Å². The third-order valence-electron chi connectivity index (χ3n) is 6.42. The summed E-state index contributed by atoms with van der Waals surface area (Å²) in [6.07, 6.45) is 6.74. The van der Waals surface area contributed by atoms with Gasteiger partial charge in [0.1, 0.15) is 18.5 Å². The molecular formula is C30H24Cl2N4O3. The summed E-state index contributed by atoms with van der Waals surface area (Å²) in [5.41, 5.74) is 3.49. The fraction of sp³-hybridized carbons (Fsp3) is 0.167. The molecule has 3 heterocycles. The van der Waals surface area contributed by atoms with Crippen molar-refractivity contribution in [3.8, 4) is 28.4 Å². The van der Waals surface area contributed by atoms with E-state index in [1.807, 2.05) is 77.5 Å². The molecule has 1 saturated heterocycles. The highest BCUT2D eigenvalue weighted by Gasteiger charge is 2.45. The Bertz CT molecular complexity index is 1550. The van der Waals surface area contributed by atoms with Gasteiger partial charge in [-0.25, -0.2) is 15.0 Å². The molecule has 0 N–H and O–H groups in total. The Morgan fingerprint density at radius 1 is 0.949 bits per heavy atom. The fourth-order valence-electron chi connectivity index (χ4n) is 4.53. The third-order valence-corrected chi connectivity index (χ3v) is 6.97. The maximum absolute atomic E-state index is 6.56. The second-order valence-electron chi connectivity index (χ2n) is 9.13. The Labute approximate surface area is 236 Å². The van der Waals surface area contributed by atoms with Crippen LogP contribution in [0.5, 0.6) is 5.75 Å². The maximum atomic E-state index is 6.56. The number of ether oxygens (including phenoxy) is 3. The molecule has 0 spiro atoms. The molecule has 2 aromatic heterocycles. The Morgan fingerprint density at radius 2 is 1.79 bits per heavy atom. The van der Waals surface area contributed by atoms with Gasteiger partial charge in [-0.2, -0.15) is 0 Å². The minimum Gasteiger partial charge on any atom is -0.491 e. The monoisotopic (exact) mass is 558 g/mol. The number of benzene rings is 3. The number of hydrogen-bond acceptors (Lipinski definition) is 6. The Kier molecular flexibility index (Phi) is 7.30. The van der Waals surface area contributed by atoms with Crippen molar-refractivity contribution in [2.75, 3.05) is 13.2 Å². The zero-order valence-electron chi connectivity index (χ0n) is 20.8. The van der Waals surface area contributed by atoms with Crippen molar-refractivity contribution in [3.05, 3.63) is 119 Å². The minimum absolute atomic E-state index is 0.307. The summed E-state index contributed by atoms with van der Waals surface area (Å²) in [4.78, 5) is 13.3. The summed E-state index contributed by atoms with van der Waals surface area (Å²) < 4.78 is 20.7. The lowest BCUT2D eigenvalue weighted by molar-refractivity contribution is -0.189. The summed E-state index contributed by atoms with van der Waals surface area (Å²) in [6, 6.07) is 24.9. The number of aromatic nitrogens is 4. The van der Waals surface area contributed by atoms with Crippen LogP contribution in [0.3, 0.4) is 0 Å². The molecule has 196 valence electrons. The minimum atomic E-state index is -1.09. The molecule has 3 aromatic carbocycles. The molecule has 0 radical (unpaired) electrons. The van der Waals surface area contributed by atoms with Crippen LogP contribution in [0.2, 0.25) is 10.0 Å². The zero-order valence-corrected chi connectivity index (χ0v) is 22.3. The molecule has 0 unspecified atom stereocenters. The SMILES string of the molecule is Clc1ccc([C@]2(Cn3ccnc3)OC[C@@H](COc3ccc(-c4ccnc(-c5ccccc5)n4)cc3)O2)c(Cl)c1. The van der Waals surface area contributed by atoms with Crippen molar-refractivity contribution >= 4 is 23.2 Å². The van der Waals surface area contributed by atoms with Crippen LogP contribution in [0, 0.1) is 0 Å². The largest absolute Gasteiger partial charge is 0.491 e. The molecule has 5 aromatic rings. The Morgan fingerprint density at radius 3 is 2.56 bits per heavy atom. The van der Waals surface area contributed by atoms with E-state index in [2.05, 4.69) is 9.97 Å². The van der Waals surface area contributed by atoms with Gasteiger partial charge in [0.2, 0.25) is 5.79 Å². The molecular weight excluding hydrogens is 535 g/mol. The van der Waals surface area contributed by atoms with Crippen LogP contribution in [-0.2, 0) is 21.8 Å². The van der Waals surface area contributed by atoms with Crippen molar-refractivity contribution < 1.29 is 14.2 Å². The van der Waals surface area contributed by atoms with Gasteiger partial charge in [0.25, 0.3) is 0 Å². The van der Waals surface area contributed by atoms with E-state index < -0.39 is 5.79 Å². The van der Waals surface area contributed by atoms with Gasteiger partial charge in [0.05, 0.1) is 30.2 Å². The quantitative estimate of drug-likeness (QED) is 0.212. The van der Waals surface area contributed by atoms with Crippen molar-refractivity contribution in [1.82, 2.24) is 19.5 Å². The van der Waals surface area contributed by atoms with Gasteiger partial charge in [0, 0.05) is 40.3 Å². The first kappa shape index (κ1) is 25.5. The van der Waals surface area contributed by atoms with Crippen molar-refractivity contribution in [2.24, 2.45) is 0 Å². The van der Waals surface area contributed by atoms with Crippen LogP contribution in [0.1, 0.15) is 5.56 Å². The van der Waals surface area contributed by atoms with E-state index in [1.54, 1.807) is 30.9 Å². The van der Waals surface area contributed by atoms with E-state index in [4.69, 9.17) is 42.4 Å². The van der Waals surface area contributed by atoms with Gasteiger partial charge < -0.3 is 18.8 Å². The number of halogens is 2. The van der Waals surface area contributed by atoms with E-state index in [-0.39, 0.29) is 6.10 Å². The molecule has 7 nitrogen and oxygen atoms in total. The molecule has 6 rings (SSSR count). The number of nitrogens with zero attached hydrogens (tertiary/aromatic N) is 4. The van der Waals surface area contributed by atoms with Crippen LogP contribution >= 0.6 is 23.2 Å². The van der Waals surface area contributed by atoms with E-state index in [9.17, 15) is 0 Å². The van der Waals surface area contributed by atoms with Gasteiger partial charge in [-0.15, -0.1) is 0 Å². The average Bonchev–Trinajstić information content (AvgIpc) is 3.63. The lowest BCUT2D eigenvalue weighted by atomic mass is 10.1. The predicted molar refractivity (Wildman–Crippen MR) is 150 cm³/mol. The summed E-state index contributed by atoms with van der Waals surface area (Å²) in [7, 11) is 0. The highest BCUT2D eigenvalue weighted by Crippen LogP contribution is 2.40. The lowest BCUT2D eigenvalue weighted by Gasteiger charge is -2.30. The third kappa shape index (κ3) is 5.67. The summed E-state index contributed by atoms with van der Waals surface area (Å²) in [5.74, 6) is 0.312. The standard InChI is InChI=1S/C30H24Cl2N4O3/c31-23-8-11-26(27(32)16-23)30(19-36-15-14-33-20-36)38-18-25(39-30)17-37-24-9-6-21(7-10-24)28-12-13-34-29(35-28)22-4-2-1-3-5-22/h1-16,20,25H,17-19H2/t25-,30-/m1/s1. The predicted octanol–water partition coefficient (Wildman–Crippen LogP) is 6.66. The van der Waals surface area contributed by atoms with Gasteiger partial charge in [-0.1, -0.05) is 59.6 Å². The highest BCUT2D eigenvalue weighted by molar-refractivity contribution is 6.35. The maximum Gasteiger partial charge on any atom is 0.215 e. The topological polar surface area (TPSA) is 71.3 Å². The molecule has 1 aliphatic heterocycles. The van der Waals surface area contributed by atoms with Crippen LogP contribution in [0.4, 0.5) is 0 Å². The first-order valence-electron chi connectivity index (χ1n) is 12.4. The van der Waals surface area contributed by atoms with Crippen molar-refractivity contribution in [1.29, 1.82) is 0 Å². The van der Waals surface area contributed by atoms with Crippen molar-refractivity contribution in [3.63, 3.8) is 0 Å². The summed E-state index contributed by atoms with van der Waals surface area (Å²) in [6.45, 7) is 1.03. The molecule has 0 amide bonds. The van der Waals surface area contributed by atoms with E-state index in [1.165, 1.54) is 0 Å². The van der Waals surface area contributed by atoms with Crippen molar-refractivity contribution in [2.45, 2.75) is 18.4 Å². The summed E-state index contributed by atoms with van der Waals surface area (Å²) >= 11 is 12.7. The first-order chi connectivity index (χ1) is 19.1. The fourth-order valence-corrected chi connectivity index (χ4v) is 5.08. The molecule has 0 bridgehead atoms. The van der Waals surface area contributed by atoms with Crippen LogP contribution < -0.4 is 4.74 Å². The van der Waals surface area contributed by atoms with Gasteiger partial charge in [0.15, 0.2) is 5.82 Å². The van der Waals surface area contributed by atoms with Gasteiger partial charge in [-0.3, -0.25) is 0 Å². The van der Waals surface area contributed by atoms with E-state index >= 15 is 0 Å². The van der Waals surface area contributed by atoms with Gasteiger partial charge >= 0.3 is 0 Å². The second-order valence-corrected chi connectivity index (χ2v) is 9.97. The normalized spacial score (nSPS) is 18.8. The molecule has 0 saturated carbocycles. The first-order valence-corrected chi connectivity index (χ1v) is 13.2. The summed E-state index contributed by atoms with van der Waals surface area (Å²) in [5, 5.41) is 1.01.